The van der Waals surface area contributed by atoms with Crippen molar-refractivity contribution in [3.05, 3.63) is 23.9 Å². The SMILES string of the molecule is COc1ncccc1C(=O)C1CCOC2(CCCC2)C1. The molecule has 1 aromatic rings. The van der Waals surface area contributed by atoms with Gasteiger partial charge in [0.05, 0.1) is 18.3 Å². The van der Waals surface area contributed by atoms with E-state index >= 15 is 0 Å². The number of carbonyl (C=O) groups excluding carboxylic acids is 1. The molecule has 108 valence electrons. The second-order valence-corrected chi connectivity index (χ2v) is 5.85. The number of aromatic nitrogens is 1. The van der Waals surface area contributed by atoms with Crippen LogP contribution in [-0.2, 0) is 4.74 Å². The number of hydrogen-bond acceptors (Lipinski definition) is 4. The average Bonchev–Trinajstić information content (AvgIpc) is 2.94. The maximum absolute atomic E-state index is 12.7. The summed E-state index contributed by atoms with van der Waals surface area (Å²) in [6.07, 6.45) is 7.94. The molecule has 0 amide bonds. The number of methoxy groups -OCH3 is 1. The van der Waals surface area contributed by atoms with E-state index in [4.69, 9.17) is 9.47 Å². The van der Waals surface area contributed by atoms with Gasteiger partial charge in [-0.1, -0.05) is 12.8 Å². The zero-order valence-electron chi connectivity index (χ0n) is 11.9. The fourth-order valence-corrected chi connectivity index (χ4v) is 3.58. The molecule has 3 rings (SSSR count). The first-order valence-corrected chi connectivity index (χ1v) is 7.41. The van der Waals surface area contributed by atoms with Gasteiger partial charge in [-0.25, -0.2) is 4.98 Å². The van der Waals surface area contributed by atoms with E-state index in [1.54, 1.807) is 19.4 Å². The number of ketones is 1. The minimum atomic E-state index is -0.0337. The minimum Gasteiger partial charge on any atom is -0.480 e. The summed E-state index contributed by atoms with van der Waals surface area (Å²) in [6.45, 7) is 0.693. The molecule has 1 aliphatic heterocycles. The van der Waals surface area contributed by atoms with Gasteiger partial charge in [-0.15, -0.1) is 0 Å². The van der Waals surface area contributed by atoms with Gasteiger partial charge in [-0.2, -0.15) is 0 Å². The lowest BCUT2D eigenvalue weighted by molar-refractivity contribution is -0.0866. The summed E-state index contributed by atoms with van der Waals surface area (Å²) in [4.78, 5) is 16.9. The van der Waals surface area contributed by atoms with Gasteiger partial charge in [0.25, 0.3) is 0 Å². The fraction of sp³-hybridized carbons (Fsp3) is 0.625. The van der Waals surface area contributed by atoms with E-state index in [-0.39, 0.29) is 17.3 Å². The third-order valence-electron chi connectivity index (χ3n) is 4.61. The van der Waals surface area contributed by atoms with Crippen molar-refractivity contribution < 1.29 is 14.3 Å². The lowest BCUT2D eigenvalue weighted by atomic mass is 9.81. The van der Waals surface area contributed by atoms with Crippen LogP contribution in [0.5, 0.6) is 5.88 Å². The van der Waals surface area contributed by atoms with E-state index in [0.29, 0.717) is 18.1 Å². The van der Waals surface area contributed by atoms with Gasteiger partial charge in [0.1, 0.15) is 0 Å². The molecule has 0 bridgehead atoms. The molecule has 1 aromatic heterocycles. The standard InChI is InChI=1S/C16H21NO3/c1-19-15-13(5-4-9-17-15)14(18)12-6-10-20-16(11-12)7-2-3-8-16/h4-5,9,12H,2-3,6-8,10-11H2,1H3. The summed E-state index contributed by atoms with van der Waals surface area (Å²) < 4.78 is 11.2. The molecule has 0 N–H and O–H groups in total. The van der Waals surface area contributed by atoms with Crippen molar-refractivity contribution in [2.75, 3.05) is 13.7 Å². The summed E-state index contributed by atoms with van der Waals surface area (Å²) in [5.41, 5.74) is 0.573. The number of hydrogen-bond donors (Lipinski definition) is 0. The van der Waals surface area contributed by atoms with Crippen LogP contribution in [0.3, 0.4) is 0 Å². The van der Waals surface area contributed by atoms with Crippen molar-refractivity contribution in [2.45, 2.75) is 44.1 Å². The maximum Gasteiger partial charge on any atom is 0.224 e. The Bertz CT molecular complexity index is 494. The Hall–Kier alpha value is -1.42. The van der Waals surface area contributed by atoms with Crippen molar-refractivity contribution >= 4 is 5.78 Å². The van der Waals surface area contributed by atoms with Crippen LogP contribution >= 0.6 is 0 Å². The molecule has 4 nitrogen and oxygen atoms in total. The molecule has 4 heteroatoms. The highest BCUT2D eigenvalue weighted by Crippen LogP contribution is 2.43. The molecule has 0 aromatic carbocycles. The molecule has 1 saturated carbocycles. The number of rotatable bonds is 3. The monoisotopic (exact) mass is 275 g/mol. The predicted octanol–water partition coefficient (Wildman–Crippen LogP) is 3.01. The van der Waals surface area contributed by atoms with Crippen LogP contribution in [0.4, 0.5) is 0 Å². The van der Waals surface area contributed by atoms with Gasteiger partial charge in [-0.3, -0.25) is 4.79 Å². The number of carbonyl (C=O) groups is 1. The average molecular weight is 275 g/mol. The summed E-state index contributed by atoms with van der Waals surface area (Å²) in [5.74, 6) is 0.633. The van der Waals surface area contributed by atoms with E-state index < -0.39 is 0 Å². The second-order valence-electron chi connectivity index (χ2n) is 5.85. The Balaban J connectivity index is 1.79. The highest BCUT2D eigenvalue weighted by atomic mass is 16.5. The van der Waals surface area contributed by atoms with Crippen LogP contribution in [-0.4, -0.2) is 30.1 Å². The number of ether oxygens (including phenoxy) is 2. The molecular formula is C16H21NO3. The van der Waals surface area contributed by atoms with Gasteiger partial charge >= 0.3 is 0 Å². The third kappa shape index (κ3) is 2.44. The molecule has 0 radical (unpaired) electrons. The van der Waals surface area contributed by atoms with Crippen LogP contribution in [0.15, 0.2) is 18.3 Å². The maximum atomic E-state index is 12.7. The quantitative estimate of drug-likeness (QED) is 0.796. The molecule has 1 saturated heterocycles. The van der Waals surface area contributed by atoms with Gasteiger partial charge in [0.2, 0.25) is 5.88 Å². The summed E-state index contributed by atoms with van der Waals surface area (Å²) in [6, 6.07) is 3.60. The van der Waals surface area contributed by atoms with Crippen molar-refractivity contribution in [1.82, 2.24) is 4.98 Å². The normalized spacial score (nSPS) is 24.8. The zero-order chi connectivity index (χ0) is 14.0. The molecule has 1 spiro atoms. The van der Waals surface area contributed by atoms with Crippen molar-refractivity contribution in [3.63, 3.8) is 0 Å². The lowest BCUT2D eigenvalue weighted by Gasteiger charge is -2.37. The first-order chi connectivity index (χ1) is 9.74. The molecular weight excluding hydrogens is 254 g/mol. The highest BCUT2D eigenvalue weighted by Gasteiger charge is 2.42. The Morgan fingerprint density at radius 1 is 1.45 bits per heavy atom. The molecule has 2 heterocycles. The van der Waals surface area contributed by atoms with E-state index in [0.717, 1.165) is 25.7 Å². The first-order valence-electron chi connectivity index (χ1n) is 7.41. The number of pyridine rings is 1. The van der Waals surface area contributed by atoms with Crippen LogP contribution in [0.1, 0.15) is 48.9 Å². The minimum absolute atomic E-state index is 0.0337. The molecule has 1 atom stereocenters. The Labute approximate surface area is 119 Å². The van der Waals surface area contributed by atoms with Gasteiger partial charge in [-0.05, 0) is 37.8 Å². The van der Waals surface area contributed by atoms with Crippen molar-refractivity contribution in [3.8, 4) is 5.88 Å². The smallest absolute Gasteiger partial charge is 0.224 e. The van der Waals surface area contributed by atoms with E-state index in [1.807, 2.05) is 6.07 Å². The van der Waals surface area contributed by atoms with Gasteiger partial charge < -0.3 is 9.47 Å². The van der Waals surface area contributed by atoms with E-state index in [1.165, 1.54) is 12.8 Å². The molecule has 2 aliphatic rings. The molecule has 2 fully saturated rings. The Morgan fingerprint density at radius 2 is 2.25 bits per heavy atom. The van der Waals surface area contributed by atoms with Gasteiger partial charge in [0.15, 0.2) is 5.78 Å². The number of nitrogens with zero attached hydrogens (tertiary/aromatic N) is 1. The van der Waals surface area contributed by atoms with Crippen LogP contribution in [0, 0.1) is 5.92 Å². The van der Waals surface area contributed by atoms with Crippen molar-refractivity contribution in [1.29, 1.82) is 0 Å². The zero-order valence-corrected chi connectivity index (χ0v) is 11.9. The van der Waals surface area contributed by atoms with E-state index in [2.05, 4.69) is 4.98 Å². The fourth-order valence-electron chi connectivity index (χ4n) is 3.58. The van der Waals surface area contributed by atoms with Gasteiger partial charge in [0, 0.05) is 18.7 Å². The number of Topliss-reactive ketones (excluding diaryl/α,β-unsaturated/α-hetero) is 1. The van der Waals surface area contributed by atoms with Crippen LogP contribution in [0.2, 0.25) is 0 Å². The predicted molar refractivity (Wildman–Crippen MR) is 75.0 cm³/mol. The van der Waals surface area contributed by atoms with Crippen LogP contribution in [0.25, 0.3) is 0 Å². The summed E-state index contributed by atoms with van der Waals surface area (Å²) >= 11 is 0. The molecule has 1 unspecified atom stereocenters. The summed E-state index contributed by atoms with van der Waals surface area (Å²) in [5, 5.41) is 0. The molecule has 1 aliphatic carbocycles. The topological polar surface area (TPSA) is 48.4 Å². The Morgan fingerprint density at radius 3 is 3.00 bits per heavy atom. The van der Waals surface area contributed by atoms with Crippen LogP contribution < -0.4 is 4.74 Å². The largest absolute Gasteiger partial charge is 0.480 e. The lowest BCUT2D eigenvalue weighted by Crippen LogP contribution is -2.39. The first kappa shape index (κ1) is 13.6. The summed E-state index contributed by atoms with van der Waals surface area (Å²) in [7, 11) is 1.56. The molecule has 20 heavy (non-hydrogen) atoms. The Kier molecular flexibility index (Phi) is 3.74. The third-order valence-corrected chi connectivity index (χ3v) is 4.61. The second kappa shape index (κ2) is 5.52. The van der Waals surface area contributed by atoms with E-state index in [9.17, 15) is 4.79 Å². The van der Waals surface area contributed by atoms with Crippen molar-refractivity contribution in [2.24, 2.45) is 5.92 Å². The highest BCUT2D eigenvalue weighted by molar-refractivity contribution is 5.99.